The van der Waals surface area contributed by atoms with E-state index in [4.69, 9.17) is 0 Å². The largest absolute Gasteiger partial charge is 0.357 e. The van der Waals surface area contributed by atoms with E-state index in [1.165, 1.54) is 43.4 Å². The molecule has 5 nitrogen and oxygen atoms in total. The molecule has 0 aliphatic carbocycles. The smallest absolute Gasteiger partial charge is 0.274 e. The van der Waals surface area contributed by atoms with Crippen molar-refractivity contribution >= 4 is 17.4 Å². The van der Waals surface area contributed by atoms with Crippen molar-refractivity contribution in [2.75, 3.05) is 23.3 Å². The third kappa shape index (κ3) is 4.03. The van der Waals surface area contributed by atoms with E-state index in [-0.39, 0.29) is 11.7 Å². The van der Waals surface area contributed by atoms with E-state index >= 15 is 0 Å². The average molecular weight is 314 g/mol. The summed E-state index contributed by atoms with van der Waals surface area (Å²) in [5.74, 6) is 0.120. The lowest BCUT2D eigenvalue weighted by atomic mass is 10.2. The van der Waals surface area contributed by atoms with Crippen LogP contribution in [0.15, 0.2) is 36.7 Å². The molecule has 1 aromatic heterocycles. The molecule has 1 amide bonds. The quantitative estimate of drug-likeness (QED) is 0.945. The molecule has 1 fully saturated rings. The number of nitrogens with one attached hydrogen (secondary N) is 1. The minimum Gasteiger partial charge on any atom is -0.357 e. The SMILES string of the molecule is O=C(Nc1ccc(F)cc1)c1cc(N2CCCCCC2)ncn1. The van der Waals surface area contributed by atoms with E-state index in [9.17, 15) is 9.18 Å². The molecular formula is C17H19FN4O. The number of carbonyl (C=O) groups excluding carboxylic acids is 1. The second kappa shape index (κ2) is 7.17. The van der Waals surface area contributed by atoms with Gasteiger partial charge in [-0.25, -0.2) is 14.4 Å². The van der Waals surface area contributed by atoms with Crippen molar-refractivity contribution in [1.29, 1.82) is 0 Å². The van der Waals surface area contributed by atoms with Crippen molar-refractivity contribution in [3.05, 3.63) is 48.2 Å². The van der Waals surface area contributed by atoms with Crippen molar-refractivity contribution in [3.8, 4) is 0 Å². The molecule has 1 saturated heterocycles. The molecule has 0 unspecified atom stereocenters. The third-order valence-electron chi connectivity index (χ3n) is 3.92. The highest BCUT2D eigenvalue weighted by Gasteiger charge is 2.14. The summed E-state index contributed by atoms with van der Waals surface area (Å²) in [6.45, 7) is 1.91. The van der Waals surface area contributed by atoms with E-state index in [0.29, 0.717) is 11.4 Å². The van der Waals surface area contributed by atoms with Gasteiger partial charge in [-0.1, -0.05) is 12.8 Å². The zero-order valence-electron chi connectivity index (χ0n) is 12.8. The molecule has 0 radical (unpaired) electrons. The van der Waals surface area contributed by atoms with Crippen LogP contribution in [0.5, 0.6) is 0 Å². The average Bonchev–Trinajstić information content (AvgIpc) is 2.86. The molecule has 2 heterocycles. The molecule has 1 N–H and O–H groups in total. The van der Waals surface area contributed by atoms with Gasteiger partial charge < -0.3 is 10.2 Å². The predicted octanol–water partition coefficient (Wildman–Crippen LogP) is 3.25. The molecule has 23 heavy (non-hydrogen) atoms. The van der Waals surface area contributed by atoms with Crippen molar-refractivity contribution in [2.24, 2.45) is 0 Å². The molecule has 2 aromatic rings. The lowest BCUT2D eigenvalue weighted by Crippen LogP contribution is -2.25. The zero-order chi connectivity index (χ0) is 16.1. The molecule has 6 heteroatoms. The number of anilines is 2. The lowest BCUT2D eigenvalue weighted by molar-refractivity contribution is 0.102. The Morgan fingerprint density at radius 1 is 1.04 bits per heavy atom. The number of rotatable bonds is 3. The fraction of sp³-hybridized carbons (Fsp3) is 0.353. The number of nitrogens with zero attached hydrogens (tertiary/aromatic N) is 3. The Morgan fingerprint density at radius 3 is 2.43 bits per heavy atom. The summed E-state index contributed by atoms with van der Waals surface area (Å²) in [6, 6.07) is 7.36. The molecule has 0 saturated carbocycles. The van der Waals surface area contributed by atoms with Gasteiger partial charge in [0, 0.05) is 24.8 Å². The molecule has 120 valence electrons. The van der Waals surface area contributed by atoms with E-state index in [0.717, 1.165) is 31.7 Å². The molecule has 3 rings (SSSR count). The van der Waals surface area contributed by atoms with Crippen LogP contribution in [0.4, 0.5) is 15.9 Å². The number of aromatic nitrogens is 2. The normalized spacial score (nSPS) is 15.1. The summed E-state index contributed by atoms with van der Waals surface area (Å²) >= 11 is 0. The van der Waals surface area contributed by atoms with Gasteiger partial charge in [0.05, 0.1) is 0 Å². The number of halogens is 1. The van der Waals surface area contributed by atoms with Gasteiger partial charge in [0.1, 0.15) is 23.7 Å². The Bertz CT molecular complexity index is 667. The molecule has 0 spiro atoms. The highest BCUT2D eigenvalue weighted by molar-refractivity contribution is 6.03. The van der Waals surface area contributed by atoms with Crippen LogP contribution in [0, 0.1) is 5.82 Å². The van der Waals surface area contributed by atoms with E-state index < -0.39 is 0 Å². The van der Waals surface area contributed by atoms with Crippen molar-refractivity contribution in [2.45, 2.75) is 25.7 Å². The number of amides is 1. The van der Waals surface area contributed by atoms with Crippen LogP contribution in [0.1, 0.15) is 36.2 Å². The molecule has 1 aliphatic rings. The van der Waals surface area contributed by atoms with Gasteiger partial charge in [-0.05, 0) is 37.1 Å². The van der Waals surface area contributed by atoms with Gasteiger partial charge >= 0.3 is 0 Å². The summed E-state index contributed by atoms with van der Waals surface area (Å²) in [4.78, 5) is 22.8. The van der Waals surface area contributed by atoms with Gasteiger partial charge in [0.25, 0.3) is 5.91 Å². The van der Waals surface area contributed by atoms with Crippen LogP contribution in [0.25, 0.3) is 0 Å². The van der Waals surface area contributed by atoms with Crippen LogP contribution in [-0.4, -0.2) is 29.0 Å². The summed E-state index contributed by atoms with van der Waals surface area (Å²) in [5, 5.41) is 2.71. The summed E-state index contributed by atoms with van der Waals surface area (Å²) in [6.07, 6.45) is 6.17. The minimum atomic E-state index is -0.339. The van der Waals surface area contributed by atoms with Crippen LogP contribution in [0.2, 0.25) is 0 Å². The summed E-state index contributed by atoms with van der Waals surface area (Å²) < 4.78 is 12.9. The monoisotopic (exact) mass is 314 g/mol. The first-order chi connectivity index (χ1) is 11.2. The Morgan fingerprint density at radius 2 is 1.74 bits per heavy atom. The van der Waals surface area contributed by atoms with E-state index in [1.54, 1.807) is 6.07 Å². The first kappa shape index (κ1) is 15.4. The Hall–Kier alpha value is -2.50. The minimum absolute atomic E-state index is 0.309. The molecule has 1 aromatic carbocycles. The molecule has 0 atom stereocenters. The van der Waals surface area contributed by atoms with Gasteiger partial charge in [-0.15, -0.1) is 0 Å². The Labute approximate surface area is 134 Å². The fourth-order valence-corrected chi connectivity index (χ4v) is 2.67. The van der Waals surface area contributed by atoms with Gasteiger partial charge in [-0.2, -0.15) is 0 Å². The lowest BCUT2D eigenvalue weighted by Gasteiger charge is -2.21. The number of carbonyl (C=O) groups is 1. The number of benzene rings is 1. The first-order valence-electron chi connectivity index (χ1n) is 7.86. The zero-order valence-corrected chi connectivity index (χ0v) is 12.8. The van der Waals surface area contributed by atoms with Gasteiger partial charge in [-0.3, -0.25) is 4.79 Å². The Kier molecular flexibility index (Phi) is 4.80. The predicted molar refractivity (Wildman–Crippen MR) is 87.1 cm³/mol. The number of hydrogen-bond acceptors (Lipinski definition) is 4. The van der Waals surface area contributed by atoms with Crippen LogP contribution in [-0.2, 0) is 0 Å². The highest BCUT2D eigenvalue weighted by Crippen LogP contribution is 2.18. The fourth-order valence-electron chi connectivity index (χ4n) is 2.67. The van der Waals surface area contributed by atoms with Crippen molar-refractivity contribution < 1.29 is 9.18 Å². The maximum Gasteiger partial charge on any atom is 0.274 e. The van der Waals surface area contributed by atoms with Gasteiger partial charge in [0.2, 0.25) is 0 Å². The molecular weight excluding hydrogens is 295 g/mol. The Balaban J connectivity index is 1.73. The topological polar surface area (TPSA) is 58.1 Å². The third-order valence-corrected chi connectivity index (χ3v) is 3.92. The number of hydrogen-bond donors (Lipinski definition) is 1. The van der Waals surface area contributed by atoms with Crippen molar-refractivity contribution in [3.63, 3.8) is 0 Å². The van der Waals surface area contributed by atoms with Crippen molar-refractivity contribution in [1.82, 2.24) is 9.97 Å². The van der Waals surface area contributed by atoms with Crippen LogP contribution < -0.4 is 10.2 Å². The maximum atomic E-state index is 12.9. The van der Waals surface area contributed by atoms with Crippen LogP contribution >= 0.6 is 0 Å². The molecule has 0 bridgehead atoms. The maximum absolute atomic E-state index is 12.9. The second-order valence-electron chi connectivity index (χ2n) is 5.62. The first-order valence-corrected chi connectivity index (χ1v) is 7.86. The van der Waals surface area contributed by atoms with E-state index in [2.05, 4.69) is 20.2 Å². The van der Waals surface area contributed by atoms with Crippen LogP contribution in [0.3, 0.4) is 0 Å². The standard InChI is InChI=1S/C17H19FN4O/c18-13-5-7-14(8-6-13)21-17(23)15-11-16(20-12-19-15)22-9-3-1-2-4-10-22/h5-8,11-12H,1-4,9-10H2,(H,21,23). The second-order valence-corrected chi connectivity index (χ2v) is 5.62. The van der Waals surface area contributed by atoms with Gasteiger partial charge in [0.15, 0.2) is 0 Å². The highest BCUT2D eigenvalue weighted by atomic mass is 19.1. The molecule has 1 aliphatic heterocycles. The summed E-state index contributed by atoms with van der Waals surface area (Å²) in [5.41, 5.74) is 0.843. The van der Waals surface area contributed by atoms with E-state index in [1.807, 2.05) is 0 Å². The summed E-state index contributed by atoms with van der Waals surface area (Å²) in [7, 11) is 0.